The van der Waals surface area contributed by atoms with E-state index in [9.17, 15) is 0 Å². The summed E-state index contributed by atoms with van der Waals surface area (Å²) in [6.07, 6.45) is 3.00. The van der Waals surface area contributed by atoms with Gasteiger partial charge >= 0.3 is 0 Å². The van der Waals surface area contributed by atoms with Crippen LogP contribution in [0.3, 0.4) is 0 Å². The van der Waals surface area contributed by atoms with Gasteiger partial charge in [0, 0.05) is 12.6 Å². The van der Waals surface area contributed by atoms with Gasteiger partial charge in [-0.1, -0.05) is 0 Å². The number of hydrogen-bond acceptors (Lipinski definition) is 2. The van der Waals surface area contributed by atoms with Crippen LogP contribution in [0.15, 0.2) is 0 Å². The molecular formula is C10H21NO. The Morgan fingerprint density at radius 2 is 2.17 bits per heavy atom. The number of ether oxygens (including phenoxy) is 1. The smallest absolute Gasteiger partial charge is 0.0519 e. The Kier molecular flexibility index (Phi) is 4.02. The minimum absolute atomic E-state index is 0.379. The van der Waals surface area contributed by atoms with Gasteiger partial charge in [0.2, 0.25) is 0 Å². The highest BCUT2D eigenvalue weighted by Gasteiger charge is 2.17. The van der Waals surface area contributed by atoms with Gasteiger partial charge in [0.1, 0.15) is 0 Å². The Morgan fingerprint density at radius 1 is 1.42 bits per heavy atom. The third kappa shape index (κ3) is 3.55. The zero-order valence-electron chi connectivity index (χ0n) is 8.47. The number of nitrogens with one attached hydrogen (secondary N) is 1. The van der Waals surface area contributed by atoms with Crippen molar-refractivity contribution in [3.63, 3.8) is 0 Å². The molecule has 1 aliphatic rings. The highest BCUT2D eigenvalue weighted by molar-refractivity contribution is 4.74. The fourth-order valence-electron chi connectivity index (χ4n) is 1.53. The Balaban J connectivity index is 2.09. The van der Waals surface area contributed by atoms with Crippen molar-refractivity contribution in [3.8, 4) is 0 Å². The summed E-state index contributed by atoms with van der Waals surface area (Å²) in [6.45, 7) is 8.50. The van der Waals surface area contributed by atoms with E-state index in [-0.39, 0.29) is 0 Å². The molecule has 1 fully saturated rings. The maximum absolute atomic E-state index is 5.58. The molecular weight excluding hydrogens is 150 g/mol. The second-order valence-corrected chi connectivity index (χ2v) is 4.13. The molecule has 1 heterocycles. The van der Waals surface area contributed by atoms with Crippen LogP contribution in [0.2, 0.25) is 0 Å². The fourth-order valence-corrected chi connectivity index (χ4v) is 1.53. The lowest BCUT2D eigenvalue weighted by Crippen LogP contribution is -2.38. The van der Waals surface area contributed by atoms with E-state index in [0.29, 0.717) is 12.1 Å². The van der Waals surface area contributed by atoms with Crippen molar-refractivity contribution in [3.05, 3.63) is 0 Å². The summed E-state index contributed by atoms with van der Waals surface area (Å²) in [5, 5.41) is 3.48. The molecule has 1 saturated heterocycles. The third-order valence-corrected chi connectivity index (χ3v) is 2.43. The molecule has 0 amide bonds. The van der Waals surface area contributed by atoms with Crippen LogP contribution in [0, 0.1) is 5.92 Å². The monoisotopic (exact) mass is 171 g/mol. The van der Waals surface area contributed by atoms with E-state index >= 15 is 0 Å². The van der Waals surface area contributed by atoms with Gasteiger partial charge in [0.15, 0.2) is 0 Å². The largest absolute Gasteiger partial charge is 0.378 e. The molecule has 0 radical (unpaired) electrons. The molecule has 0 saturated carbocycles. The first-order valence-electron chi connectivity index (χ1n) is 5.03. The van der Waals surface area contributed by atoms with Crippen molar-refractivity contribution in [1.82, 2.24) is 5.32 Å². The Morgan fingerprint density at radius 3 is 2.67 bits per heavy atom. The molecule has 1 rings (SSSR count). The maximum atomic E-state index is 5.58. The van der Waals surface area contributed by atoms with E-state index in [1.54, 1.807) is 0 Å². The summed E-state index contributed by atoms with van der Waals surface area (Å²) in [4.78, 5) is 0. The number of piperidine rings is 1. The number of rotatable bonds is 3. The molecule has 72 valence electrons. The van der Waals surface area contributed by atoms with Crippen LogP contribution in [0.1, 0.15) is 33.6 Å². The minimum atomic E-state index is 0.379. The van der Waals surface area contributed by atoms with Crippen LogP contribution in [0.4, 0.5) is 0 Å². The summed E-state index contributed by atoms with van der Waals surface area (Å²) < 4.78 is 5.58. The topological polar surface area (TPSA) is 21.3 Å². The molecule has 0 aliphatic carbocycles. The van der Waals surface area contributed by atoms with Gasteiger partial charge in [-0.3, -0.25) is 0 Å². The molecule has 2 atom stereocenters. The maximum Gasteiger partial charge on any atom is 0.0519 e. The zero-order valence-corrected chi connectivity index (χ0v) is 8.47. The lowest BCUT2D eigenvalue weighted by Gasteiger charge is -2.27. The molecule has 0 bridgehead atoms. The highest BCUT2D eigenvalue weighted by Crippen LogP contribution is 2.14. The van der Waals surface area contributed by atoms with Crippen LogP contribution in [-0.4, -0.2) is 25.3 Å². The standard InChI is InChI=1S/C10H21NO/c1-8(2)12-7-10-5-4-9(3)11-6-10/h8-11H,4-7H2,1-3H3. The number of hydrogen-bond donors (Lipinski definition) is 1. The van der Waals surface area contributed by atoms with Gasteiger partial charge < -0.3 is 10.1 Å². The molecule has 2 nitrogen and oxygen atoms in total. The van der Waals surface area contributed by atoms with Crippen molar-refractivity contribution in [2.75, 3.05) is 13.2 Å². The van der Waals surface area contributed by atoms with Crippen LogP contribution in [0.25, 0.3) is 0 Å². The van der Waals surface area contributed by atoms with Crippen LogP contribution < -0.4 is 5.32 Å². The molecule has 12 heavy (non-hydrogen) atoms. The van der Waals surface area contributed by atoms with Crippen molar-refractivity contribution < 1.29 is 4.74 Å². The van der Waals surface area contributed by atoms with Crippen molar-refractivity contribution in [2.45, 2.75) is 45.8 Å². The van der Waals surface area contributed by atoms with Gasteiger partial charge in [-0.15, -0.1) is 0 Å². The average Bonchev–Trinajstić information content (AvgIpc) is 2.03. The molecule has 0 spiro atoms. The molecule has 2 heteroatoms. The van der Waals surface area contributed by atoms with Gasteiger partial charge in [0.05, 0.1) is 12.7 Å². The van der Waals surface area contributed by atoms with E-state index in [0.717, 1.165) is 19.1 Å². The SMILES string of the molecule is CC1CCC(COC(C)C)CN1. The summed E-state index contributed by atoms with van der Waals surface area (Å²) >= 11 is 0. The predicted octanol–water partition coefficient (Wildman–Crippen LogP) is 1.80. The first kappa shape index (κ1) is 10.0. The molecule has 1 aliphatic heterocycles. The van der Waals surface area contributed by atoms with E-state index in [2.05, 4.69) is 26.1 Å². The van der Waals surface area contributed by atoms with Gasteiger partial charge in [0.25, 0.3) is 0 Å². The Hall–Kier alpha value is -0.0800. The van der Waals surface area contributed by atoms with E-state index in [4.69, 9.17) is 4.74 Å². The quantitative estimate of drug-likeness (QED) is 0.699. The molecule has 2 unspecified atom stereocenters. The average molecular weight is 171 g/mol. The minimum Gasteiger partial charge on any atom is -0.378 e. The molecule has 1 N–H and O–H groups in total. The van der Waals surface area contributed by atoms with Gasteiger partial charge in [-0.05, 0) is 39.5 Å². The normalized spacial score (nSPS) is 31.0. The lowest BCUT2D eigenvalue weighted by molar-refractivity contribution is 0.0423. The zero-order chi connectivity index (χ0) is 8.97. The first-order valence-corrected chi connectivity index (χ1v) is 5.03. The Bertz CT molecular complexity index is 117. The molecule has 0 aromatic carbocycles. The van der Waals surface area contributed by atoms with E-state index < -0.39 is 0 Å². The first-order chi connectivity index (χ1) is 5.68. The summed E-state index contributed by atoms with van der Waals surface area (Å²) in [6, 6.07) is 0.709. The second-order valence-electron chi connectivity index (χ2n) is 4.13. The second kappa shape index (κ2) is 4.83. The lowest BCUT2D eigenvalue weighted by atomic mass is 9.96. The van der Waals surface area contributed by atoms with Crippen LogP contribution in [0.5, 0.6) is 0 Å². The van der Waals surface area contributed by atoms with E-state index in [1.807, 2.05) is 0 Å². The summed E-state index contributed by atoms with van der Waals surface area (Å²) in [5.41, 5.74) is 0. The Labute approximate surface area is 75.7 Å². The molecule has 0 aromatic heterocycles. The summed E-state index contributed by atoms with van der Waals surface area (Å²) in [7, 11) is 0. The van der Waals surface area contributed by atoms with Crippen molar-refractivity contribution >= 4 is 0 Å². The third-order valence-electron chi connectivity index (χ3n) is 2.43. The van der Waals surface area contributed by atoms with Crippen LogP contribution >= 0.6 is 0 Å². The predicted molar refractivity (Wildman–Crippen MR) is 51.3 cm³/mol. The van der Waals surface area contributed by atoms with Crippen molar-refractivity contribution in [2.24, 2.45) is 5.92 Å². The molecule has 0 aromatic rings. The van der Waals surface area contributed by atoms with E-state index in [1.165, 1.54) is 12.8 Å². The van der Waals surface area contributed by atoms with Gasteiger partial charge in [-0.2, -0.15) is 0 Å². The summed E-state index contributed by atoms with van der Waals surface area (Å²) in [5.74, 6) is 0.739. The fraction of sp³-hybridized carbons (Fsp3) is 1.00. The van der Waals surface area contributed by atoms with Crippen molar-refractivity contribution in [1.29, 1.82) is 0 Å². The van der Waals surface area contributed by atoms with Crippen LogP contribution in [-0.2, 0) is 4.74 Å². The highest BCUT2D eigenvalue weighted by atomic mass is 16.5. The van der Waals surface area contributed by atoms with Gasteiger partial charge in [-0.25, -0.2) is 0 Å².